The van der Waals surface area contributed by atoms with Crippen LogP contribution in [0.2, 0.25) is 0 Å². The van der Waals surface area contributed by atoms with Crippen molar-refractivity contribution >= 4 is 17.3 Å². The molecule has 5 heteroatoms. The summed E-state index contributed by atoms with van der Waals surface area (Å²) < 4.78 is 5.12. The highest BCUT2D eigenvalue weighted by atomic mass is 16.5. The molecule has 0 aliphatic heterocycles. The van der Waals surface area contributed by atoms with E-state index in [0.717, 1.165) is 17.8 Å². The van der Waals surface area contributed by atoms with Crippen molar-refractivity contribution in [3.05, 3.63) is 23.8 Å². The Morgan fingerprint density at radius 2 is 2.05 bits per heavy atom. The van der Waals surface area contributed by atoms with Crippen LogP contribution in [0.25, 0.3) is 0 Å². The van der Waals surface area contributed by atoms with Gasteiger partial charge < -0.3 is 15.8 Å². The third kappa shape index (κ3) is 4.72. The molecule has 0 heterocycles. The predicted molar refractivity (Wildman–Crippen MR) is 87.4 cm³/mol. The predicted octanol–water partition coefficient (Wildman–Crippen LogP) is 2.26. The Hall–Kier alpha value is -1.59. The molecule has 0 aromatic heterocycles. The number of benzene rings is 1. The molecule has 1 rings (SSSR count). The van der Waals surface area contributed by atoms with Gasteiger partial charge in [0.1, 0.15) is 0 Å². The lowest BCUT2D eigenvalue weighted by molar-refractivity contribution is -0.121. The molecule has 0 saturated heterocycles. The molecule has 0 saturated carbocycles. The normalized spacial score (nSPS) is 12.7. The van der Waals surface area contributed by atoms with Crippen molar-refractivity contribution in [1.82, 2.24) is 4.90 Å². The molecule has 1 aromatic rings. The maximum Gasteiger partial charge on any atom is 0.241 e. The number of amides is 1. The van der Waals surface area contributed by atoms with Crippen molar-refractivity contribution in [3.8, 4) is 0 Å². The van der Waals surface area contributed by atoms with E-state index in [4.69, 9.17) is 10.5 Å². The van der Waals surface area contributed by atoms with Crippen LogP contribution in [-0.2, 0) is 9.53 Å². The van der Waals surface area contributed by atoms with Crippen LogP contribution in [0, 0.1) is 6.92 Å². The van der Waals surface area contributed by atoms with E-state index in [1.807, 2.05) is 32.0 Å². The summed E-state index contributed by atoms with van der Waals surface area (Å²) in [4.78, 5) is 14.6. The molecule has 3 N–H and O–H groups in total. The molecule has 5 nitrogen and oxygen atoms in total. The molecule has 1 aromatic carbocycles. The van der Waals surface area contributed by atoms with Gasteiger partial charge in [-0.1, -0.05) is 6.07 Å². The molecule has 1 amide bonds. The zero-order valence-electron chi connectivity index (χ0n) is 13.6. The fourth-order valence-corrected chi connectivity index (χ4v) is 2.27. The van der Waals surface area contributed by atoms with Gasteiger partial charge in [0.15, 0.2) is 0 Å². The Balaban J connectivity index is 2.78. The standard InChI is InChI=1S/C16H27N3O2/c1-11(2)19(9-10-21-5)13(4)16(20)18-15-8-6-7-14(17)12(15)3/h6-8,11,13H,9-10,17H2,1-5H3,(H,18,20). The van der Waals surface area contributed by atoms with E-state index in [-0.39, 0.29) is 18.0 Å². The second-order valence-corrected chi connectivity index (χ2v) is 5.51. The smallest absolute Gasteiger partial charge is 0.241 e. The van der Waals surface area contributed by atoms with Gasteiger partial charge in [-0.2, -0.15) is 0 Å². The molecule has 1 unspecified atom stereocenters. The van der Waals surface area contributed by atoms with Gasteiger partial charge in [-0.25, -0.2) is 0 Å². The van der Waals surface area contributed by atoms with Gasteiger partial charge in [0.05, 0.1) is 12.6 Å². The van der Waals surface area contributed by atoms with E-state index in [9.17, 15) is 4.79 Å². The monoisotopic (exact) mass is 293 g/mol. The van der Waals surface area contributed by atoms with E-state index in [1.54, 1.807) is 7.11 Å². The minimum atomic E-state index is -0.235. The van der Waals surface area contributed by atoms with Gasteiger partial charge in [-0.05, 0) is 45.4 Å². The number of anilines is 2. The highest BCUT2D eigenvalue weighted by Gasteiger charge is 2.23. The third-order valence-corrected chi connectivity index (χ3v) is 3.73. The zero-order chi connectivity index (χ0) is 16.0. The van der Waals surface area contributed by atoms with E-state index in [1.165, 1.54) is 0 Å². The lowest BCUT2D eigenvalue weighted by Gasteiger charge is -2.31. The highest BCUT2D eigenvalue weighted by molar-refractivity contribution is 5.95. The second-order valence-electron chi connectivity index (χ2n) is 5.51. The molecule has 1 atom stereocenters. The first kappa shape index (κ1) is 17.5. The largest absolute Gasteiger partial charge is 0.398 e. The number of nitrogens with one attached hydrogen (secondary N) is 1. The fraction of sp³-hybridized carbons (Fsp3) is 0.562. The van der Waals surface area contributed by atoms with Gasteiger partial charge in [-0.15, -0.1) is 0 Å². The number of hydrogen-bond acceptors (Lipinski definition) is 4. The van der Waals surface area contributed by atoms with Crippen LogP contribution in [0.3, 0.4) is 0 Å². The SMILES string of the molecule is COCCN(C(C)C)C(C)C(=O)Nc1cccc(N)c1C. The van der Waals surface area contributed by atoms with Crippen LogP contribution < -0.4 is 11.1 Å². The zero-order valence-corrected chi connectivity index (χ0v) is 13.6. The summed E-state index contributed by atoms with van der Waals surface area (Å²) in [7, 11) is 1.67. The summed E-state index contributed by atoms with van der Waals surface area (Å²) >= 11 is 0. The van der Waals surface area contributed by atoms with Gasteiger partial charge in [0.25, 0.3) is 0 Å². The average Bonchev–Trinajstić information content (AvgIpc) is 2.43. The number of nitrogens with zero attached hydrogens (tertiary/aromatic N) is 1. The molecule has 0 aliphatic carbocycles. The van der Waals surface area contributed by atoms with Crippen LogP contribution in [0.1, 0.15) is 26.3 Å². The van der Waals surface area contributed by atoms with Crippen LogP contribution in [0.4, 0.5) is 11.4 Å². The van der Waals surface area contributed by atoms with Gasteiger partial charge >= 0.3 is 0 Å². The lowest BCUT2D eigenvalue weighted by atomic mass is 10.1. The van der Waals surface area contributed by atoms with Crippen LogP contribution in [0.5, 0.6) is 0 Å². The van der Waals surface area contributed by atoms with Crippen molar-refractivity contribution in [2.75, 3.05) is 31.3 Å². The summed E-state index contributed by atoms with van der Waals surface area (Å²) in [5, 5.41) is 2.96. The quantitative estimate of drug-likeness (QED) is 0.757. The van der Waals surface area contributed by atoms with Crippen molar-refractivity contribution in [3.63, 3.8) is 0 Å². The lowest BCUT2D eigenvalue weighted by Crippen LogP contribution is -2.47. The van der Waals surface area contributed by atoms with Crippen LogP contribution >= 0.6 is 0 Å². The number of ether oxygens (including phenoxy) is 1. The number of carbonyl (C=O) groups is 1. The maximum atomic E-state index is 12.5. The summed E-state index contributed by atoms with van der Waals surface area (Å²) in [6.07, 6.45) is 0. The number of carbonyl (C=O) groups excluding carboxylic acids is 1. The van der Waals surface area contributed by atoms with E-state index >= 15 is 0 Å². The van der Waals surface area contributed by atoms with E-state index < -0.39 is 0 Å². The van der Waals surface area contributed by atoms with Crippen molar-refractivity contribution in [1.29, 1.82) is 0 Å². The minimum absolute atomic E-state index is 0.0338. The van der Waals surface area contributed by atoms with Crippen molar-refractivity contribution < 1.29 is 9.53 Å². The number of hydrogen-bond donors (Lipinski definition) is 2. The summed E-state index contributed by atoms with van der Waals surface area (Å²) in [5.41, 5.74) is 8.21. The molecule has 0 spiro atoms. The molecule has 118 valence electrons. The Morgan fingerprint density at radius 1 is 1.38 bits per heavy atom. The van der Waals surface area contributed by atoms with Crippen LogP contribution in [0.15, 0.2) is 18.2 Å². The molecule has 0 radical (unpaired) electrons. The Kier molecular flexibility index (Phi) is 6.65. The highest BCUT2D eigenvalue weighted by Crippen LogP contribution is 2.21. The number of nitrogens with two attached hydrogens (primary N) is 1. The summed E-state index contributed by atoms with van der Waals surface area (Å²) in [6.45, 7) is 9.29. The second kappa shape index (κ2) is 8.00. The third-order valence-electron chi connectivity index (χ3n) is 3.73. The molecule has 0 bridgehead atoms. The van der Waals surface area contributed by atoms with Crippen molar-refractivity contribution in [2.24, 2.45) is 0 Å². The van der Waals surface area contributed by atoms with Crippen molar-refractivity contribution in [2.45, 2.75) is 39.8 Å². The summed E-state index contributed by atoms with van der Waals surface area (Å²) in [6, 6.07) is 5.57. The Bertz CT molecular complexity index is 475. The fourth-order valence-electron chi connectivity index (χ4n) is 2.27. The maximum absolute atomic E-state index is 12.5. The Morgan fingerprint density at radius 3 is 2.62 bits per heavy atom. The number of methoxy groups -OCH3 is 1. The Labute approximate surface area is 127 Å². The number of rotatable bonds is 7. The molecular formula is C16H27N3O2. The molecule has 21 heavy (non-hydrogen) atoms. The van der Waals surface area contributed by atoms with Gasteiger partial charge in [0, 0.05) is 31.1 Å². The van der Waals surface area contributed by atoms with Gasteiger partial charge in [-0.3, -0.25) is 9.69 Å². The first-order chi connectivity index (χ1) is 9.88. The first-order valence-electron chi connectivity index (χ1n) is 7.29. The minimum Gasteiger partial charge on any atom is -0.398 e. The van der Waals surface area contributed by atoms with Crippen LogP contribution in [-0.4, -0.2) is 43.2 Å². The van der Waals surface area contributed by atoms with E-state index in [2.05, 4.69) is 24.1 Å². The molecule has 0 fully saturated rings. The van der Waals surface area contributed by atoms with Gasteiger partial charge in [0.2, 0.25) is 5.91 Å². The average molecular weight is 293 g/mol. The first-order valence-corrected chi connectivity index (χ1v) is 7.29. The topological polar surface area (TPSA) is 67.6 Å². The van der Waals surface area contributed by atoms with E-state index in [0.29, 0.717) is 12.3 Å². The molecular weight excluding hydrogens is 266 g/mol. The summed E-state index contributed by atoms with van der Waals surface area (Å²) in [5.74, 6) is -0.0338. The molecule has 0 aliphatic rings. The number of nitrogen functional groups attached to an aromatic ring is 1.